The highest BCUT2D eigenvalue weighted by atomic mass is 16.2. The van der Waals surface area contributed by atoms with E-state index in [2.05, 4.69) is 20.6 Å². The van der Waals surface area contributed by atoms with E-state index < -0.39 is 11.9 Å². The van der Waals surface area contributed by atoms with Gasteiger partial charge >= 0.3 is 12.1 Å². The van der Waals surface area contributed by atoms with Gasteiger partial charge in [-0.25, -0.2) is 19.6 Å². The number of carbonyl (C=O) groups is 3. The van der Waals surface area contributed by atoms with Gasteiger partial charge in [-0.2, -0.15) is 5.26 Å². The number of rotatable bonds is 7. The van der Waals surface area contributed by atoms with Gasteiger partial charge in [-0.3, -0.25) is 9.69 Å². The third-order valence-corrected chi connectivity index (χ3v) is 5.50. The Hall–Kier alpha value is -4.20. The summed E-state index contributed by atoms with van der Waals surface area (Å²) < 4.78 is 0. The zero-order valence-electron chi connectivity index (χ0n) is 20.0. The van der Waals surface area contributed by atoms with Gasteiger partial charge in [-0.05, 0) is 36.6 Å². The molecule has 11 heteroatoms. The van der Waals surface area contributed by atoms with E-state index in [1.807, 2.05) is 24.8 Å². The highest BCUT2D eigenvalue weighted by molar-refractivity contribution is 6.05. The Morgan fingerprint density at radius 3 is 2.49 bits per heavy atom. The number of nitrogens with one attached hydrogen (secondary N) is 2. The second kappa shape index (κ2) is 12.3. The fourth-order valence-electron chi connectivity index (χ4n) is 3.55. The first kappa shape index (κ1) is 25.4. The first-order valence-electron chi connectivity index (χ1n) is 11.5. The lowest BCUT2D eigenvalue weighted by Crippen LogP contribution is -2.50. The molecule has 1 fully saturated rings. The molecule has 5 amide bonds. The minimum absolute atomic E-state index is 0.190. The van der Waals surface area contributed by atoms with Gasteiger partial charge < -0.3 is 20.4 Å². The summed E-state index contributed by atoms with van der Waals surface area (Å²) >= 11 is 0. The van der Waals surface area contributed by atoms with Crippen LogP contribution in [0.3, 0.4) is 0 Å². The molecule has 0 spiro atoms. The smallest absolute Gasteiger partial charge is 0.325 e. The summed E-state index contributed by atoms with van der Waals surface area (Å²) in [4.78, 5) is 51.7. The predicted octanol–water partition coefficient (Wildman–Crippen LogP) is 2.55. The van der Waals surface area contributed by atoms with Crippen molar-refractivity contribution in [1.29, 1.82) is 5.26 Å². The molecule has 2 N–H and O–H groups in total. The normalized spacial score (nSPS) is 13.2. The fourth-order valence-corrected chi connectivity index (χ4v) is 3.55. The van der Waals surface area contributed by atoms with Crippen LogP contribution in [0.1, 0.15) is 30.6 Å². The fraction of sp³-hybridized carbons (Fsp3) is 0.417. The number of anilines is 2. The van der Waals surface area contributed by atoms with Crippen molar-refractivity contribution in [3.05, 3.63) is 48.3 Å². The number of carbonyl (C=O) groups excluding carboxylic acids is 3. The molecular weight excluding hydrogens is 448 g/mol. The molecular formula is C24H30N8O3. The largest absolute Gasteiger partial charge is 0.337 e. The van der Waals surface area contributed by atoms with Crippen LogP contribution < -0.4 is 15.5 Å². The standard InChI is InChI=1S/C24H30N8O3/c1-18(2)7-12-32(23(34)28-11-8-25)21(33)19-5-3-6-20(17-19)29-24(35)31-15-13-30(14-16-31)22-26-9-4-10-27-22/h3-6,9-10,17-18H,7,11-16H2,1-2H3,(H,28,34)(H,29,35). The average molecular weight is 479 g/mol. The summed E-state index contributed by atoms with van der Waals surface area (Å²) in [6.07, 6.45) is 4.00. The summed E-state index contributed by atoms with van der Waals surface area (Å²) in [5, 5.41) is 14.0. The quantitative estimate of drug-likeness (QED) is 0.584. The van der Waals surface area contributed by atoms with Crippen molar-refractivity contribution in [3.8, 4) is 6.07 Å². The number of nitriles is 1. The van der Waals surface area contributed by atoms with E-state index in [4.69, 9.17) is 5.26 Å². The third-order valence-electron chi connectivity index (χ3n) is 5.50. The van der Waals surface area contributed by atoms with Crippen LogP contribution in [-0.4, -0.2) is 77.0 Å². The number of piperazine rings is 1. The van der Waals surface area contributed by atoms with Crippen LogP contribution in [0.25, 0.3) is 0 Å². The molecule has 3 rings (SSSR count). The number of nitrogens with zero attached hydrogens (tertiary/aromatic N) is 6. The molecule has 2 heterocycles. The molecule has 35 heavy (non-hydrogen) atoms. The first-order valence-corrected chi connectivity index (χ1v) is 11.5. The van der Waals surface area contributed by atoms with Gasteiger partial charge in [0, 0.05) is 56.4 Å². The van der Waals surface area contributed by atoms with Crippen molar-refractivity contribution in [2.24, 2.45) is 5.92 Å². The molecule has 0 atom stereocenters. The van der Waals surface area contributed by atoms with Crippen molar-refractivity contribution in [2.75, 3.05) is 49.5 Å². The lowest BCUT2D eigenvalue weighted by Gasteiger charge is -2.34. The number of urea groups is 2. The Balaban J connectivity index is 1.63. The third kappa shape index (κ3) is 7.14. The van der Waals surface area contributed by atoms with Gasteiger partial charge in [-0.15, -0.1) is 0 Å². The summed E-state index contributed by atoms with van der Waals surface area (Å²) in [5.41, 5.74) is 0.723. The average Bonchev–Trinajstić information content (AvgIpc) is 2.88. The van der Waals surface area contributed by atoms with Crippen LogP contribution in [0.15, 0.2) is 42.7 Å². The van der Waals surface area contributed by atoms with E-state index in [0.717, 1.165) is 4.90 Å². The van der Waals surface area contributed by atoms with Crippen LogP contribution in [-0.2, 0) is 0 Å². The number of benzene rings is 1. The molecule has 1 aromatic heterocycles. The number of amides is 5. The predicted molar refractivity (Wildman–Crippen MR) is 131 cm³/mol. The maximum Gasteiger partial charge on any atom is 0.325 e. The maximum atomic E-state index is 13.1. The molecule has 1 aliphatic rings. The zero-order chi connectivity index (χ0) is 25.2. The molecule has 1 aromatic carbocycles. The van der Waals surface area contributed by atoms with Crippen molar-refractivity contribution in [3.63, 3.8) is 0 Å². The van der Waals surface area contributed by atoms with Crippen LogP contribution in [0.4, 0.5) is 21.2 Å². The molecule has 1 aliphatic heterocycles. The van der Waals surface area contributed by atoms with Gasteiger partial charge in [0.15, 0.2) is 0 Å². The Kier molecular flexibility index (Phi) is 8.95. The highest BCUT2D eigenvalue weighted by Crippen LogP contribution is 2.16. The van der Waals surface area contributed by atoms with Crippen LogP contribution >= 0.6 is 0 Å². The monoisotopic (exact) mass is 478 g/mol. The van der Waals surface area contributed by atoms with Crippen molar-refractivity contribution < 1.29 is 14.4 Å². The number of imide groups is 1. The Bertz CT molecular complexity index is 1060. The zero-order valence-corrected chi connectivity index (χ0v) is 20.0. The maximum absolute atomic E-state index is 13.1. The van der Waals surface area contributed by atoms with Gasteiger partial charge in [0.1, 0.15) is 6.54 Å². The molecule has 2 aromatic rings. The molecule has 11 nitrogen and oxygen atoms in total. The summed E-state index contributed by atoms with van der Waals surface area (Å²) in [6, 6.07) is 9.20. The second-order valence-electron chi connectivity index (χ2n) is 8.49. The van der Waals surface area contributed by atoms with Crippen LogP contribution in [0.2, 0.25) is 0 Å². The van der Waals surface area contributed by atoms with E-state index in [-0.39, 0.29) is 30.6 Å². The Morgan fingerprint density at radius 2 is 1.83 bits per heavy atom. The topological polar surface area (TPSA) is 135 Å². The van der Waals surface area contributed by atoms with E-state index in [1.165, 1.54) is 0 Å². The Labute approximate surface area is 204 Å². The van der Waals surface area contributed by atoms with E-state index in [1.54, 1.807) is 47.6 Å². The van der Waals surface area contributed by atoms with Crippen molar-refractivity contribution >= 4 is 29.6 Å². The number of hydrogen-bond acceptors (Lipinski definition) is 7. The van der Waals surface area contributed by atoms with Gasteiger partial charge in [-0.1, -0.05) is 19.9 Å². The minimum Gasteiger partial charge on any atom is -0.337 e. The van der Waals surface area contributed by atoms with Crippen LogP contribution in [0.5, 0.6) is 0 Å². The second-order valence-corrected chi connectivity index (χ2v) is 8.49. The summed E-state index contributed by atoms with van der Waals surface area (Å²) in [6.45, 7) is 6.26. The SMILES string of the molecule is CC(C)CCN(C(=O)NCC#N)C(=O)c1cccc(NC(=O)N2CCN(c3ncccn3)CC2)c1. The minimum atomic E-state index is -0.619. The molecule has 0 aliphatic carbocycles. The number of aromatic nitrogens is 2. The molecule has 0 radical (unpaired) electrons. The van der Waals surface area contributed by atoms with Crippen LogP contribution in [0, 0.1) is 17.2 Å². The lowest BCUT2D eigenvalue weighted by atomic mass is 10.1. The Morgan fingerprint density at radius 1 is 1.11 bits per heavy atom. The van der Waals surface area contributed by atoms with E-state index in [9.17, 15) is 14.4 Å². The van der Waals surface area contributed by atoms with Gasteiger partial charge in [0.05, 0.1) is 6.07 Å². The van der Waals surface area contributed by atoms with Crippen molar-refractivity contribution in [1.82, 2.24) is 25.1 Å². The highest BCUT2D eigenvalue weighted by Gasteiger charge is 2.25. The van der Waals surface area contributed by atoms with E-state index in [0.29, 0.717) is 44.2 Å². The summed E-state index contributed by atoms with van der Waals surface area (Å²) in [7, 11) is 0. The molecule has 184 valence electrons. The molecule has 1 saturated heterocycles. The molecule has 0 unspecified atom stereocenters. The van der Waals surface area contributed by atoms with Gasteiger partial charge in [0.2, 0.25) is 5.95 Å². The molecule has 0 saturated carbocycles. The molecule has 0 bridgehead atoms. The summed E-state index contributed by atoms with van der Waals surface area (Å²) in [5.74, 6) is 0.432. The first-order chi connectivity index (χ1) is 16.9. The van der Waals surface area contributed by atoms with Crippen molar-refractivity contribution in [2.45, 2.75) is 20.3 Å². The van der Waals surface area contributed by atoms with Gasteiger partial charge in [0.25, 0.3) is 5.91 Å². The van der Waals surface area contributed by atoms with E-state index >= 15 is 0 Å². The lowest BCUT2D eigenvalue weighted by molar-refractivity contribution is 0.0795. The number of hydrogen-bond donors (Lipinski definition) is 2.